The third kappa shape index (κ3) is 3.20. The second-order valence-electron chi connectivity index (χ2n) is 4.98. The van der Waals surface area contributed by atoms with Crippen LogP contribution in [0.1, 0.15) is 42.4 Å². The molecule has 0 aliphatic heterocycles. The maximum atomic E-state index is 4.13. The van der Waals surface area contributed by atoms with E-state index in [2.05, 4.69) is 66.0 Å². The molecule has 102 valence electrons. The van der Waals surface area contributed by atoms with Crippen LogP contribution in [0.3, 0.4) is 0 Å². The molecule has 2 aromatic rings. The molecule has 0 radical (unpaired) electrons. The Morgan fingerprint density at radius 2 is 2.05 bits per heavy atom. The van der Waals surface area contributed by atoms with Crippen molar-refractivity contribution in [2.45, 2.75) is 46.8 Å². The fourth-order valence-electron chi connectivity index (χ4n) is 2.08. The lowest BCUT2D eigenvalue weighted by molar-refractivity contribution is 0.539. The molecule has 1 aromatic heterocycles. The molecule has 1 aromatic carbocycles. The minimum atomic E-state index is 0.307. The molecule has 0 spiro atoms. The maximum absolute atomic E-state index is 4.13. The lowest BCUT2D eigenvalue weighted by Gasteiger charge is -2.15. The highest BCUT2D eigenvalue weighted by Gasteiger charge is 2.08. The van der Waals surface area contributed by atoms with E-state index >= 15 is 0 Å². The predicted octanol–water partition coefficient (Wildman–Crippen LogP) is 2.77. The van der Waals surface area contributed by atoms with E-state index in [0.29, 0.717) is 6.04 Å². The SMILES string of the molecule is CCn1cnnc1CNC(C)c1ccc(C)c(C)c1. The molecule has 0 aliphatic rings. The molecule has 0 saturated heterocycles. The van der Waals surface area contributed by atoms with Crippen LogP contribution in [0.5, 0.6) is 0 Å². The number of rotatable bonds is 5. The van der Waals surface area contributed by atoms with E-state index in [4.69, 9.17) is 0 Å². The van der Waals surface area contributed by atoms with Gasteiger partial charge in [-0.05, 0) is 44.4 Å². The van der Waals surface area contributed by atoms with Crippen LogP contribution in [-0.2, 0) is 13.1 Å². The van der Waals surface area contributed by atoms with Gasteiger partial charge in [0.25, 0.3) is 0 Å². The zero-order chi connectivity index (χ0) is 13.8. The highest BCUT2D eigenvalue weighted by Crippen LogP contribution is 2.17. The molecule has 4 nitrogen and oxygen atoms in total. The van der Waals surface area contributed by atoms with Crippen molar-refractivity contribution in [3.8, 4) is 0 Å². The molecule has 0 aliphatic carbocycles. The summed E-state index contributed by atoms with van der Waals surface area (Å²) in [7, 11) is 0. The summed E-state index contributed by atoms with van der Waals surface area (Å²) in [6.45, 7) is 10.2. The second kappa shape index (κ2) is 5.97. The Hall–Kier alpha value is -1.68. The standard InChI is InChI=1S/C15H22N4/c1-5-19-10-17-18-15(19)9-16-13(4)14-7-6-11(2)12(3)8-14/h6-8,10,13,16H,5,9H2,1-4H3. The summed E-state index contributed by atoms with van der Waals surface area (Å²) in [5.74, 6) is 0.984. The Kier molecular flexibility index (Phi) is 4.32. The lowest BCUT2D eigenvalue weighted by atomic mass is 10.0. The first kappa shape index (κ1) is 13.7. The summed E-state index contributed by atoms with van der Waals surface area (Å²) in [4.78, 5) is 0. The third-order valence-electron chi connectivity index (χ3n) is 3.63. The minimum absolute atomic E-state index is 0.307. The molecule has 1 unspecified atom stereocenters. The average Bonchev–Trinajstić information content (AvgIpc) is 2.86. The monoisotopic (exact) mass is 258 g/mol. The molecular weight excluding hydrogens is 236 g/mol. The van der Waals surface area contributed by atoms with Crippen molar-refractivity contribution in [3.63, 3.8) is 0 Å². The summed E-state index contributed by atoms with van der Waals surface area (Å²) in [5.41, 5.74) is 3.98. The van der Waals surface area contributed by atoms with Gasteiger partial charge in [0.1, 0.15) is 12.2 Å². The number of hydrogen-bond donors (Lipinski definition) is 1. The number of nitrogens with zero attached hydrogens (tertiary/aromatic N) is 3. The quantitative estimate of drug-likeness (QED) is 0.896. The predicted molar refractivity (Wildman–Crippen MR) is 76.9 cm³/mol. The zero-order valence-corrected chi connectivity index (χ0v) is 12.1. The first-order valence-electron chi connectivity index (χ1n) is 6.79. The van der Waals surface area contributed by atoms with Gasteiger partial charge in [-0.2, -0.15) is 0 Å². The van der Waals surface area contributed by atoms with E-state index in [1.807, 2.05) is 0 Å². The molecule has 0 saturated carbocycles. The van der Waals surface area contributed by atoms with Crippen LogP contribution >= 0.6 is 0 Å². The van der Waals surface area contributed by atoms with E-state index in [1.165, 1.54) is 16.7 Å². The molecule has 0 fully saturated rings. The average molecular weight is 258 g/mol. The van der Waals surface area contributed by atoms with Crippen molar-refractivity contribution in [2.24, 2.45) is 0 Å². The topological polar surface area (TPSA) is 42.7 Å². The molecule has 2 rings (SSSR count). The molecule has 4 heteroatoms. The molecule has 0 bridgehead atoms. The first-order chi connectivity index (χ1) is 9.11. The molecule has 1 heterocycles. The molecule has 1 atom stereocenters. The van der Waals surface area contributed by atoms with Gasteiger partial charge in [0.2, 0.25) is 0 Å². The van der Waals surface area contributed by atoms with Crippen LogP contribution in [-0.4, -0.2) is 14.8 Å². The fourth-order valence-corrected chi connectivity index (χ4v) is 2.08. The van der Waals surface area contributed by atoms with Gasteiger partial charge in [-0.15, -0.1) is 10.2 Å². The van der Waals surface area contributed by atoms with Gasteiger partial charge in [-0.3, -0.25) is 0 Å². The van der Waals surface area contributed by atoms with Crippen molar-refractivity contribution in [2.75, 3.05) is 0 Å². The summed E-state index contributed by atoms with van der Waals surface area (Å²) in [5, 5.41) is 11.6. The van der Waals surface area contributed by atoms with E-state index in [0.717, 1.165) is 18.9 Å². The lowest BCUT2D eigenvalue weighted by Crippen LogP contribution is -2.20. The summed E-state index contributed by atoms with van der Waals surface area (Å²) >= 11 is 0. The number of aryl methyl sites for hydroxylation is 3. The first-order valence-corrected chi connectivity index (χ1v) is 6.79. The van der Waals surface area contributed by atoms with Gasteiger partial charge in [-0.25, -0.2) is 0 Å². The summed E-state index contributed by atoms with van der Waals surface area (Å²) < 4.78 is 2.06. The van der Waals surface area contributed by atoms with Crippen LogP contribution in [0.15, 0.2) is 24.5 Å². The minimum Gasteiger partial charge on any atom is -0.317 e. The largest absolute Gasteiger partial charge is 0.317 e. The van der Waals surface area contributed by atoms with Gasteiger partial charge >= 0.3 is 0 Å². The zero-order valence-electron chi connectivity index (χ0n) is 12.1. The van der Waals surface area contributed by atoms with E-state index in [9.17, 15) is 0 Å². The van der Waals surface area contributed by atoms with Crippen LogP contribution in [0, 0.1) is 13.8 Å². The van der Waals surface area contributed by atoms with Crippen molar-refractivity contribution >= 4 is 0 Å². The van der Waals surface area contributed by atoms with Gasteiger partial charge < -0.3 is 9.88 Å². The van der Waals surface area contributed by atoms with Crippen molar-refractivity contribution in [1.82, 2.24) is 20.1 Å². The molecular formula is C15H22N4. The second-order valence-corrected chi connectivity index (χ2v) is 4.98. The van der Waals surface area contributed by atoms with E-state index < -0.39 is 0 Å². The smallest absolute Gasteiger partial charge is 0.146 e. The van der Waals surface area contributed by atoms with Crippen molar-refractivity contribution in [1.29, 1.82) is 0 Å². The van der Waals surface area contributed by atoms with Crippen LogP contribution in [0.2, 0.25) is 0 Å². The van der Waals surface area contributed by atoms with Crippen LogP contribution in [0.25, 0.3) is 0 Å². The van der Waals surface area contributed by atoms with Crippen LogP contribution in [0.4, 0.5) is 0 Å². The van der Waals surface area contributed by atoms with Gasteiger partial charge in [0.05, 0.1) is 6.54 Å². The highest BCUT2D eigenvalue weighted by molar-refractivity contribution is 5.31. The van der Waals surface area contributed by atoms with Gasteiger partial charge in [0.15, 0.2) is 0 Å². The Morgan fingerprint density at radius 3 is 2.74 bits per heavy atom. The Morgan fingerprint density at radius 1 is 1.26 bits per heavy atom. The number of aromatic nitrogens is 3. The Balaban J connectivity index is 2.01. The summed E-state index contributed by atoms with van der Waals surface area (Å²) in [6.07, 6.45) is 1.78. The number of hydrogen-bond acceptors (Lipinski definition) is 3. The summed E-state index contributed by atoms with van der Waals surface area (Å²) in [6, 6.07) is 6.92. The normalized spacial score (nSPS) is 12.6. The van der Waals surface area contributed by atoms with Crippen molar-refractivity contribution < 1.29 is 0 Å². The number of benzene rings is 1. The molecule has 1 N–H and O–H groups in total. The van der Waals surface area contributed by atoms with Gasteiger partial charge in [-0.1, -0.05) is 18.2 Å². The van der Waals surface area contributed by atoms with E-state index in [1.54, 1.807) is 6.33 Å². The highest BCUT2D eigenvalue weighted by atomic mass is 15.3. The Labute approximate surface area is 114 Å². The van der Waals surface area contributed by atoms with Gasteiger partial charge in [0, 0.05) is 12.6 Å². The third-order valence-corrected chi connectivity index (χ3v) is 3.63. The molecule has 0 amide bonds. The number of nitrogens with one attached hydrogen (secondary N) is 1. The molecule has 19 heavy (non-hydrogen) atoms. The fraction of sp³-hybridized carbons (Fsp3) is 0.467. The van der Waals surface area contributed by atoms with E-state index in [-0.39, 0.29) is 0 Å². The maximum Gasteiger partial charge on any atom is 0.146 e. The van der Waals surface area contributed by atoms with Crippen molar-refractivity contribution in [3.05, 3.63) is 47.0 Å². The van der Waals surface area contributed by atoms with Crippen LogP contribution < -0.4 is 5.32 Å². The Bertz CT molecular complexity index is 545.